The molecule has 0 bridgehead atoms. The maximum Gasteiger partial charge on any atom is 0.229 e. The lowest BCUT2D eigenvalue weighted by Gasteiger charge is -2.32. The van der Waals surface area contributed by atoms with E-state index in [1.807, 2.05) is 6.20 Å². The topological polar surface area (TPSA) is 49.2 Å². The van der Waals surface area contributed by atoms with Gasteiger partial charge >= 0.3 is 0 Å². The number of hydrogen-bond acceptors (Lipinski definition) is 5. The van der Waals surface area contributed by atoms with Crippen LogP contribution in [0.2, 0.25) is 5.02 Å². The molecule has 1 N–H and O–H groups in total. The van der Waals surface area contributed by atoms with Crippen LogP contribution in [0.4, 0.5) is 16.0 Å². The first kappa shape index (κ1) is 25.3. The first-order valence-electron chi connectivity index (χ1n) is 13.6. The lowest BCUT2D eigenvalue weighted by molar-refractivity contribution is 0.148. The number of aromatic nitrogens is 3. The molecule has 0 unspecified atom stereocenters. The maximum atomic E-state index is 13.9. The second-order valence-corrected chi connectivity index (χ2v) is 11.2. The average Bonchev–Trinajstić information content (AvgIpc) is 3.29. The molecule has 1 saturated heterocycles. The molecule has 1 saturated carbocycles. The van der Waals surface area contributed by atoms with Crippen LogP contribution in [-0.2, 0) is 6.54 Å². The Hall–Kier alpha value is -3.00. The zero-order valence-electron chi connectivity index (χ0n) is 21.8. The number of anilines is 2. The fraction of sp³-hybridized carbons (Fsp3) is 0.400. The van der Waals surface area contributed by atoms with Crippen molar-refractivity contribution in [2.24, 2.45) is 0 Å². The van der Waals surface area contributed by atoms with Gasteiger partial charge in [0, 0.05) is 72.8 Å². The Balaban J connectivity index is 1.31. The summed E-state index contributed by atoms with van der Waals surface area (Å²) in [6.45, 7) is 5.47. The Labute approximate surface area is 228 Å². The number of hydrogen-bond donors (Lipinski definition) is 1. The first-order chi connectivity index (χ1) is 18.5. The van der Waals surface area contributed by atoms with Crippen LogP contribution < -0.4 is 5.32 Å². The molecule has 2 aromatic carbocycles. The molecule has 8 heteroatoms. The van der Waals surface area contributed by atoms with Crippen molar-refractivity contribution in [2.45, 2.75) is 44.7 Å². The lowest BCUT2D eigenvalue weighted by Crippen LogP contribution is -2.43. The summed E-state index contributed by atoms with van der Waals surface area (Å²) >= 11 is 6.05. The smallest absolute Gasteiger partial charge is 0.229 e. The summed E-state index contributed by atoms with van der Waals surface area (Å²) in [5.41, 5.74) is 5.10. The van der Waals surface area contributed by atoms with Crippen molar-refractivity contribution in [2.75, 3.05) is 38.5 Å². The van der Waals surface area contributed by atoms with E-state index in [0.29, 0.717) is 22.7 Å². The highest BCUT2D eigenvalue weighted by Crippen LogP contribution is 2.37. The highest BCUT2D eigenvalue weighted by molar-refractivity contribution is 6.30. The number of halogens is 2. The van der Waals surface area contributed by atoms with Gasteiger partial charge in [-0.05, 0) is 49.2 Å². The van der Waals surface area contributed by atoms with E-state index in [2.05, 4.69) is 62.2 Å². The maximum absolute atomic E-state index is 13.9. The molecule has 3 heterocycles. The average molecular weight is 533 g/mol. The van der Waals surface area contributed by atoms with Crippen molar-refractivity contribution in [1.29, 1.82) is 0 Å². The minimum atomic E-state index is -0.398. The van der Waals surface area contributed by atoms with Crippen LogP contribution in [0.1, 0.15) is 43.7 Å². The van der Waals surface area contributed by atoms with Gasteiger partial charge in [0.1, 0.15) is 11.5 Å². The van der Waals surface area contributed by atoms with Crippen molar-refractivity contribution >= 4 is 34.3 Å². The van der Waals surface area contributed by atoms with Crippen molar-refractivity contribution < 1.29 is 4.39 Å². The summed E-state index contributed by atoms with van der Waals surface area (Å²) in [5.74, 6) is 0.0356. The Kier molecular flexibility index (Phi) is 7.32. The molecule has 2 fully saturated rings. The van der Waals surface area contributed by atoms with E-state index in [1.165, 1.54) is 42.5 Å². The van der Waals surface area contributed by atoms with Crippen LogP contribution in [0.3, 0.4) is 0 Å². The standard InChI is InChI=1S/C30H34ClFN6/c1-36-11-13-37(14-12-36)19-21-7-9-22(10-8-21)28-20-38(26-5-3-2-4-6-26)29-27(28)18-33-30(35-29)34-25-16-23(31)15-24(32)17-25/h7-10,15-18,20,26H,2-6,11-14,19H2,1H3,(H,33,34,35). The van der Waals surface area contributed by atoms with Crippen molar-refractivity contribution in [3.63, 3.8) is 0 Å². The minimum absolute atomic E-state index is 0.331. The molecule has 0 atom stereocenters. The molecule has 0 radical (unpaired) electrons. The lowest BCUT2D eigenvalue weighted by atomic mass is 9.95. The number of nitrogens with one attached hydrogen (secondary N) is 1. The number of likely N-dealkylation sites (N-methyl/N-ethyl adjacent to an activating group) is 1. The third-order valence-electron chi connectivity index (χ3n) is 7.93. The van der Waals surface area contributed by atoms with Crippen LogP contribution >= 0.6 is 11.6 Å². The molecule has 0 spiro atoms. The van der Waals surface area contributed by atoms with Gasteiger partial charge in [-0.25, -0.2) is 9.37 Å². The van der Waals surface area contributed by atoms with E-state index < -0.39 is 5.82 Å². The summed E-state index contributed by atoms with van der Waals surface area (Å²) in [7, 11) is 2.19. The van der Waals surface area contributed by atoms with E-state index in [-0.39, 0.29) is 0 Å². The zero-order chi connectivity index (χ0) is 26.1. The third kappa shape index (κ3) is 5.55. The number of piperazine rings is 1. The molecule has 198 valence electrons. The highest BCUT2D eigenvalue weighted by atomic mass is 35.5. The van der Waals surface area contributed by atoms with E-state index >= 15 is 0 Å². The minimum Gasteiger partial charge on any atom is -0.329 e. The molecule has 1 aliphatic carbocycles. The molecule has 1 aliphatic heterocycles. The van der Waals surface area contributed by atoms with Crippen LogP contribution in [0.15, 0.2) is 54.9 Å². The second kappa shape index (κ2) is 11.0. The number of benzene rings is 2. The Morgan fingerprint density at radius 3 is 2.50 bits per heavy atom. The van der Waals surface area contributed by atoms with Gasteiger partial charge in [0.05, 0.1) is 0 Å². The summed E-state index contributed by atoms with van der Waals surface area (Å²) in [5, 5.41) is 4.50. The quantitative estimate of drug-likeness (QED) is 0.293. The number of fused-ring (bicyclic) bond motifs is 1. The van der Waals surface area contributed by atoms with Crippen LogP contribution in [-0.4, -0.2) is 57.6 Å². The van der Waals surface area contributed by atoms with Crippen LogP contribution in [0.5, 0.6) is 0 Å². The molecule has 4 aromatic rings. The largest absolute Gasteiger partial charge is 0.329 e. The van der Waals surface area contributed by atoms with Crippen LogP contribution in [0, 0.1) is 5.82 Å². The van der Waals surface area contributed by atoms with Gasteiger partial charge in [-0.15, -0.1) is 0 Å². The van der Waals surface area contributed by atoms with Gasteiger partial charge < -0.3 is 14.8 Å². The Morgan fingerprint density at radius 2 is 1.76 bits per heavy atom. The molecule has 2 aromatic heterocycles. The van der Waals surface area contributed by atoms with E-state index in [9.17, 15) is 4.39 Å². The van der Waals surface area contributed by atoms with Gasteiger partial charge in [0.15, 0.2) is 0 Å². The van der Waals surface area contributed by atoms with E-state index in [0.717, 1.165) is 62.2 Å². The summed E-state index contributed by atoms with van der Waals surface area (Å²) in [6, 6.07) is 13.7. The molecule has 2 aliphatic rings. The van der Waals surface area contributed by atoms with Gasteiger partial charge in [-0.1, -0.05) is 55.1 Å². The normalized spacial score (nSPS) is 17.8. The molecular formula is C30H34ClFN6. The van der Waals surface area contributed by atoms with Gasteiger partial charge in [-0.3, -0.25) is 4.90 Å². The summed E-state index contributed by atoms with van der Waals surface area (Å²) < 4.78 is 16.2. The number of nitrogens with zero attached hydrogens (tertiary/aromatic N) is 5. The van der Waals surface area contributed by atoms with Gasteiger partial charge in [-0.2, -0.15) is 4.98 Å². The molecule has 0 amide bonds. The number of rotatable bonds is 6. The predicted octanol–water partition coefficient (Wildman–Crippen LogP) is 6.89. The van der Waals surface area contributed by atoms with Crippen LogP contribution in [0.25, 0.3) is 22.2 Å². The molecule has 6 rings (SSSR count). The fourth-order valence-corrected chi connectivity index (χ4v) is 5.99. The SMILES string of the molecule is CN1CCN(Cc2ccc(-c3cn(C4CCCCC4)c4nc(Nc5cc(F)cc(Cl)c5)ncc34)cc2)CC1. The fourth-order valence-electron chi connectivity index (χ4n) is 5.77. The van der Waals surface area contributed by atoms with E-state index in [1.54, 1.807) is 6.07 Å². The third-order valence-corrected chi connectivity index (χ3v) is 8.14. The molecule has 6 nitrogen and oxygen atoms in total. The Morgan fingerprint density at radius 1 is 1.00 bits per heavy atom. The van der Waals surface area contributed by atoms with Crippen molar-refractivity contribution in [3.8, 4) is 11.1 Å². The van der Waals surface area contributed by atoms with E-state index in [4.69, 9.17) is 16.6 Å². The predicted molar refractivity (Wildman–Crippen MR) is 153 cm³/mol. The van der Waals surface area contributed by atoms with Gasteiger partial charge in [0.2, 0.25) is 5.95 Å². The first-order valence-corrected chi connectivity index (χ1v) is 14.0. The molecular weight excluding hydrogens is 499 g/mol. The monoisotopic (exact) mass is 532 g/mol. The zero-order valence-corrected chi connectivity index (χ0v) is 22.6. The van der Waals surface area contributed by atoms with Crippen molar-refractivity contribution in [1.82, 2.24) is 24.3 Å². The summed E-state index contributed by atoms with van der Waals surface area (Å²) in [4.78, 5) is 14.4. The Bertz CT molecular complexity index is 1380. The van der Waals surface area contributed by atoms with Gasteiger partial charge in [0.25, 0.3) is 0 Å². The van der Waals surface area contributed by atoms with Crippen molar-refractivity contribution in [3.05, 3.63) is 71.3 Å². The molecule has 38 heavy (non-hydrogen) atoms. The summed E-state index contributed by atoms with van der Waals surface area (Å²) in [6.07, 6.45) is 10.2. The second-order valence-electron chi connectivity index (χ2n) is 10.7. The highest BCUT2D eigenvalue weighted by Gasteiger charge is 2.21.